The Labute approximate surface area is 69.6 Å². The van der Waals surface area contributed by atoms with Gasteiger partial charge in [-0.05, 0) is 11.5 Å². The third-order valence-corrected chi connectivity index (χ3v) is 1.91. The second kappa shape index (κ2) is 4.38. The van der Waals surface area contributed by atoms with Crippen LogP contribution < -0.4 is 5.73 Å². The average Bonchev–Trinajstić information content (AvgIpc) is 2.40. The quantitative estimate of drug-likeness (QED) is 0.699. The highest BCUT2D eigenvalue weighted by molar-refractivity contribution is 7.05. The molecule has 0 amide bonds. The monoisotopic (exact) mass is 173 g/mol. The largest absolute Gasteiger partial charge is 0.383 e. The molecule has 0 aliphatic heterocycles. The molecular formula is C6H11N3OS. The molecule has 0 aliphatic carbocycles. The van der Waals surface area contributed by atoms with E-state index in [-0.39, 0.29) is 6.04 Å². The molecule has 1 rings (SSSR count). The van der Waals surface area contributed by atoms with Gasteiger partial charge in [-0.15, -0.1) is 0 Å². The van der Waals surface area contributed by atoms with Gasteiger partial charge < -0.3 is 10.5 Å². The lowest BCUT2D eigenvalue weighted by molar-refractivity contribution is 0.180. The molecule has 0 saturated heterocycles. The van der Waals surface area contributed by atoms with Gasteiger partial charge in [0.05, 0.1) is 6.61 Å². The molecule has 0 bridgehead atoms. The molecule has 0 saturated carbocycles. The van der Waals surface area contributed by atoms with Crippen molar-refractivity contribution in [1.29, 1.82) is 0 Å². The van der Waals surface area contributed by atoms with E-state index in [1.807, 2.05) is 0 Å². The van der Waals surface area contributed by atoms with Crippen LogP contribution in [0, 0.1) is 0 Å². The third kappa shape index (κ3) is 2.92. The van der Waals surface area contributed by atoms with E-state index in [0.717, 1.165) is 11.4 Å². The maximum absolute atomic E-state index is 5.69. The summed E-state index contributed by atoms with van der Waals surface area (Å²) < 4.78 is 8.75. The highest BCUT2D eigenvalue weighted by Crippen LogP contribution is 2.02. The minimum Gasteiger partial charge on any atom is -0.383 e. The Hall–Kier alpha value is -0.520. The van der Waals surface area contributed by atoms with Gasteiger partial charge >= 0.3 is 0 Å². The van der Waals surface area contributed by atoms with Gasteiger partial charge in [0.1, 0.15) is 11.3 Å². The molecule has 11 heavy (non-hydrogen) atoms. The van der Waals surface area contributed by atoms with Crippen molar-refractivity contribution in [1.82, 2.24) is 9.36 Å². The maximum Gasteiger partial charge on any atom is 0.129 e. The minimum absolute atomic E-state index is 0.0351. The smallest absolute Gasteiger partial charge is 0.129 e. The number of hydrogen-bond donors (Lipinski definition) is 1. The van der Waals surface area contributed by atoms with Gasteiger partial charge in [0.2, 0.25) is 0 Å². The van der Waals surface area contributed by atoms with Crippen molar-refractivity contribution in [3.8, 4) is 0 Å². The molecule has 0 aromatic carbocycles. The van der Waals surface area contributed by atoms with Crippen molar-refractivity contribution in [2.24, 2.45) is 5.73 Å². The van der Waals surface area contributed by atoms with Crippen LogP contribution in [0.5, 0.6) is 0 Å². The van der Waals surface area contributed by atoms with Crippen molar-refractivity contribution >= 4 is 11.5 Å². The van der Waals surface area contributed by atoms with Crippen LogP contribution in [-0.4, -0.2) is 29.1 Å². The lowest BCUT2D eigenvalue weighted by Gasteiger charge is -2.06. The molecule has 1 aromatic rings. The predicted octanol–water partition coefficient (Wildman–Crippen LogP) is 0.0543. The first-order chi connectivity index (χ1) is 5.33. The second-order valence-corrected chi connectivity index (χ2v) is 3.12. The summed E-state index contributed by atoms with van der Waals surface area (Å²) in [5.41, 5.74) is 5.69. The molecule has 5 heteroatoms. The number of nitrogens with two attached hydrogens (primary N) is 1. The molecule has 1 heterocycles. The Morgan fingerprint density at radius 1 is 1.82 bits per heavy atom. The van der Waals surface area contributed by atoms with E-state index < -0.39 is 0 Å². The summed E-state index contributed by atoms with van der Waals surface area (Å²) in [5, 5.41) is 0.967. The predicted molar refractivity (Wildman–Crippen MR) is 43.5 cm³/mol. The topological polar surface area (TPSA) is 61.0 Å². The van der Waals surface area contributed by atoms with Crippen LogP contribution in [0.2, 0.25) is 0 Å². The Balaban J connectivity index is 2.31. The lowest BCUT2D eigenvalue weighted by atomic mass is 10.2. The van der Waals surface area contributed by atoms with Gasteiger partial charge in [0.25, 0.3) is 0 Å². The van der Waals surface area contributed by atoms with Gasteiger partial charge in [0.15, 0.2) is 0 Å². The Morgan fingerprint density at radius 2 is 2.64 bits per heavy atom. The summed E-state index contributed by atoms with van der Waals surface area (Å²) in [6.07, 6.45) is 2.29. The van der Waals surface area contributed by atoms with E-state index in [1.165, 1.54) is 11.5 Å². The first-order valence-corrected chi connectivity index (χ1v) is 4.10. The van der Waals surface area contributed by atoms with E-state index in [1.54, 1.807) is 13.4 Å². The van der Waals surface area contributed by atoms with Crippen LogP contribution >= 0.6 is 11.5 Å². The molecule has 1 atom stereocenters. The van der Waals surface area contributed by atoms with E-state index in [0.29, 0.717) is 6.61 Å². The van der Waals surface area contributed by atoms with Gasteiger partial charge in [-0.3, -0.25) is 0 Å². The fourth-order valence-electron chi connectivity index (χ4n) is 0.783. The van der Waals surface area contributed by atoms with Crippen molar-refractivity contribution in [3.05, 3.63) is 11.3 Å². The number of nitrogens with zero attached hydrogens (tertiary/aromatic N) is 2. The van der Waals surface area contributed by atoms with Gasteiger partial charge in [0, 0.05) is 19.6 Å². The summed E-state index contributed by atoms with van der Waals surface area (Å²) in [6.45, 7) is 0.569. The Kier molecular flexibility index (Phi) is 3.41. The summed E-state index contributed by atoms with van der Waals surface area (Å²) in [6, 6.07) is 0.0351. The number of rotatable bonds is 4. The van der Waals surface area contributed by atoms with Crippen molar-refractivity contribution < 1.29 is 4.74 Å². The van der Waals surface area contributed by atoms with Crippen LogP contribution in [0.3, 0.4) is 0 Å². The SMILES string of the molecule is COCC(N)Cc1ncns1. The zero-order valence-corrected chi connectivity index (χ0v) is 7.17. The zero-order valence-electron chi connectivity index (χ0n) is 6.36. The molecule has 62 valence electrons. The molecule has 1 unspecified atom stereocenters. The van der Waals surface area contributed by atoms with Crippen LogP contribution in [0.4, 0.5) is 0 Å². The van der Waals surface area contributed by atoms with Crippen molar-refractivity contribution in [2.75, 3.05) is 13.7 Å². The first-order valence-electron chi connectivity index (χ1n) is 3.33. The van der Waals surface area contributed by atoms with Crippen LogP contribution in [0.1, 0.15) is 5.01 Å². The fraction of sp³-hybridized carbons (Fsp3) is 0.667. The standard InChI is InChI=1S/C6H11N3OS/c1-10-3-5(7)2-6-8-4-9-11-6/h4-5H,2-3,7H2,1H3. The average molecular weight is 173 g/mol. The summed E-state index contributed by atoms with van der Waals surface area (Å²) in [4.78, 5) is 4.01. The number of hydrogen-bond acceptors (Lipinski definition) is 5. The molecular weight excluding hydrogens is 162 g/mol. The maximum atomic E-state index is 5.69. The lowest BCUT2D eigenvalue weighted by Crippen LogP contribution is -2.27. The zero-order chi connectivity index (χ0) is 8.10. The van der Waals surface area contributed by atoms with E-state index in [4.69, 9.17) is 10.5 Å². The first kappa shape index (κ1) is 8.58. The molecule has 0 fully saturated rings. The molecule has 2 N–H and O–H groups in total. The van der Waals surface area contributed by atoms with Crippen molar-refractivity contribution in [3.63, 3.8) is 0 Å². The summed E-state index contributed by atoms with van der Waals surface area (Å²) in [7, 11) is 1.64. The minimum atomic E-state index is 0.0351. The second-order valence-electron chi connectivity index (χ2n) is 2.25. The Morgan fingerprint density at radius 3 is 3.18 bits per heavy atom. The van der Waals surface area contributed by atoms with Crippen LogP contribution in [0.15, 0.2) is 6.33 Å². The highest BCUT2D eigenvalue weighted by atomic mass is 32.1. The molecule has 0 aliphatic rings. The van der Waals surface area contributed by atoms with Crippen LogP contribution in [0.25, 0.3) is 0 Å². The van der Waals surface area contributed by atoms with Gasteiger partial charge in [-0.2, -0.15) is 4.37 Å². The fourth-order valence-corrected chi connectivity index (χ4v) is 1.38. The molecule has 0 radical (unpaired) electrons. The van der Waals surface area contributed by atoms with Gasteiger partial charge in [-0.1, -0.05) is 0 Å². The Bertz CT molecular complexity index is 190. The van der Waals surface area contributed by atoms with Gasteiger partial charge in [-0.25, -0.2) is 4.98 Å². The third-order valence-electron chi connectivity index (χ3n) is 1.22. The normalized spacial score (nSPS) is 13.3. The number of aromatic nitrogens is 2. The molecule has 4 nitrogen and oxygen atoms in total. The van der Waals surface area contributed by atoms with Crippen molar-refractivity contribution in [2.45, 2.75) is 12.5 Å². The number of methoxy groups -OCH3 is 1. The highest BCUT2D eigenvalue weighted by Gasteiger charge is 2.05. The number of ether oxygens (including phenoxy) is 1. The van der Waals surface area contributed by atoms with E-state index in [9.17, 15) is 0 Å². The summed E-state index contributed by atoms with van der Waals surface area (Å²) >= 11 is 1.38. The molecule has 1 aromatic heterocycles. The van der Waals surface area contributed by atoms with Crippen LogP contribution in [-0.2, 0) is 11.2 Å². The van der Waals surface area contributed by atoms with E-state index in [2.05, 4.69) is 9.36 Å². The molecule has 0 spiro atoms. The van der Waals surface area contributed by atoms with E-state index >= 15 is 0 Å². The summed E-state index contributed by atoms with van der Waals surface area (Å²) in [5.74, 6) is 0.